The zero-order chi connectivity index (χ0) is 24.4. The number of carbonyl (C=O) groups is 1. The zero-order valence-corrected chi connectivity index (χ0v) is 21.1. The van der Waals surface area contributed by atoms with E-state index in [4.69, 9.17) is 0 Å². The molecule has 0 unspecified atom stereocenters. The van der Waals surface area contributed by atoms with Crippen molar-refractivity contribution in [1.29, 1.82) is 0 Å². The number of fused-ring (bicyclic) bond motifs is 1. The molecule has 0 atom stereocenters. The first-order valence-electron chi connectivity index (χ1n) is 12.7. The fourth-order valence-electron chi connectivity index (χ4n) is 5.89. The minimum absolute atomic E-state index is 0.0298. The van der Waals surface area contributed by atoms with Gasteiger partial charge in [-0.2, -0.15) is 0 Å². The molecule has 1 fully saturated rings. The van der Waals surface area contributed by atoms with Gasteiger partial charge in [0.2, 0.25) is 0 Å². The van der Waals surface area contributed by atoms with Crippen LogP contribution in [0.1, 0.15) is 47.9 Å². The van der Waals surface area contributed by atoms with Gasteiger partial charge in [0.25, 0.3) is 0 Å². The summed E-state index contributed by atoms with van der Waals surface area (Å²) in [6.45, 7) is 5.40. The number of hydrogen-bond acceptors (Lipinski definition) is 1. The standard InChI is InChI=1S/C31H35N3O/c1-23-12-11-13-24(2)29(23)32-30(35)34(20-25-14-5-4-6-15-25)22-31(18-9-10-19-31)27-21-33(3)28-17-8-7-16-26(27)28/h4-8,11-17,21H,9-10,18-20,22H2,1-3H3,(H,32,35). The number of amides is 2. The van der Waals surface area contributed by atoms with E-state index >= 15 is 0 Å². The van der Waals surface area contributed by atoms with Crippen molar-refractivity contribution in [2.75, 3.05) is 11.9 Å². The molecule has 0 bridgehead atoms. The maximum atomic E-state index is 13.9. The van der Waals surface area contributed by atoms with Gasteiger partial charge in [0.1, 0.15) is 0 Å². The molecule has 0 saturated heterocycles. The van der Waals surface area contributed by atoms with Gasteiger partial charge in [-0.05, 0) is 55.0 Å². The highest BCUT2D eigenvalue weighted by Crippen LogP contribution is 2.45. The van der Waals surface area contributed by atoms with Crippen LogP contribution in [0.25, 0.3) is 10.9 Å². The molecule has 0 spiro atoms. The Morgan fingerprint density at radius 3 is 2.29 bits per heavy atom. The third-order valence-electron chi connectivity index (χ3n) is 7.74. The number of aromatic nitrogens is 1. The van der Waals surface area contributed by atoms with Crippen LogP contribution >= 0.6 is 0 Å². The molecule has 1 aliphatic rings. The minimum Gasteiger partial charge on any atom is -0.350 e. The number of rotatable bonds is 6. The Labute approximate surface area is 208 Å². The van der Waals surface area contributed by atoms with Crippen LogP contribution < -0.4 is 5.32 Å². The van der Waals surface area contributed by atoms with Crippen LogP contribution in [0.3, 0.4) is 0 Å². The predicted octanol–water partition coefficient (Wildman–Crippen LogP) is 7.34. The van der Waals surface area contributed by atoms with Gasteiger partial charge in [-0.1, -0.05) is 79.6 Å². The van der Waals surface area contributed by atoms with Gasteiger partial charge in [0.05, 0.1) is 0 Å². The summed E-state index contributed by atoms with van der Waals surface area (Å²) >= 11 is 0. The van der Waals surface area contributed by atoms with E-state index in [1.165, 1.54) is 29.3 Å². The van der Waals surface area contributed by atoms with Gasteiger partial charge in [-0.3, -0.25) is 0 Å². The van der Waals surface area contributed by atoms with Crippen molar-refractivity contribution < 1.29 is 4.79 Å². The second-order valence-electron chi connectivity index (χ2n) is 10.2. The van der Waals surface area contributed by atoms with Gasteiger partial charge in [-0.25, -0.2) is 4.79 Å². The first-order valence-corrected chi connectivity index (χ1v) is 12.7. The Hall–Kier alpha value is -3.53. The zero-order valence-electron chi connectivity index (χ0n) is 21.1. The summed E-state index contributed by atoms with van der Waals surface area (Å²) in [6, 6.07) is 25.1. The summed E-state index contributed by atoms with van der Waals surface area (Å²) < 4.78 is 2.24. The fourth-order valence-corrected chi connectivity index (χ4v) is 5.89. The number of hydrogen-bond donors (Lipinski definition) is 1. The number of para-hydroxylation sites is 2. The van der Waals surface area contributed by atoms with Crippen LogP contribution in [0.4, 0.5) is 10.5 Å². The second-order valence-corrected chi connectivity index (χ2v) is 10.2. The Morgan fingerprint density at radius 1 is 0.914 bits per heavy atom. The lowest BCUT2D eigenvalue weighted by Crippen LogP contribution is -2.44. The van der Waals surface area contributed by atoms with Crippen molar-refractivity contribution in [3.8, 4) is 0 Å². The number of nitrogens with zero attached hydrogens (tertiary/aromatic N) is 2. The van der Waals surface area contributed by atoms with E-state index in [-0.39, 0.29) is 11.4 Å². The van der Waals surface area contributed by atoms with Gasteiger partial charge >= 0.3 is 6.03 Å². The van der Waals surface area contributed by atoms with Crippen molar-refractivity contribution in [2.24, 2.45) is 7.05 Å². The summed E-state index contributed by atoms with van der Waals surface area (Å²) in [5.74, 6) is 0. The van der Waals surface area contributed by atoms with E-state index in [2.05, 4.69) is 85.5 Å². The van der Waals surface area contributed by atoms with E-state index in [0.717, 1.165) is 35.2 Å². The van der Waals surface area contributed by atoms with Gasteiger partial charge in [0.15, 0.2) is 0 Å². The molecule has 1 saturated carbocycles. The van der Waals surface area contributed by atoms with Crippen LogP contribution in [0.2, 0.25) is 0 Å². The molecule has 180 valence electrons. The summed E-state index contributed by atoms with van der Waals surface area (Å²) in [4.78, 5) is 15.9. The predicted molar refractivity (Wildman–Crippen MR) is 145 cm³/mol. The number of benzene rings is 3. The number of urea groups is 1. The Morgan fingerprint density at radius 2 is 1.57 bits per heavy atom. The quantitative estimate of drug-likeness (QED) is 0.318. The maximum absolute atomic E-state index is 13.9. The van der Waals surface area contributed by atoms with Crippen LogP contribution in [-0.2, 0) is 19.0 Å². The van der Waals surface area contributed by atoms with Gasteiger partial charge in [0, 0.05) is 48.3 Å². The number of anilines is 1. The lowest BCUT2D eigenvalue weighted by atomic mass is 9.78. The highest BCUT2D eigenvalue weighted by atomic mass is 16.2. The van der Waals surface area contributed by atoms with Gasteiger partial charge < -0.3 is 14.8 Å². The van der Waals surface area contributed by atoms with Crippen LogP contribution in [0, 0.1) is 13.8 Å². The van der Waals surface area contributed by atoms with E-state index in [9.17, 15) is 4.79 Å². The molecule has 0 aliphatic heterocycles. The highest BCUT2D eigenvalue weighted by Gasteiger charge is 2.40. The molecule has 4 aromatic rings. The normalized spacial score (nSPS) is 14.8. The lowest BCUT2D eigenvalue weighted by molar-refractivity contribution is 0.189. The fraction of sp³-hybridized carbons (Fsp3) is 0.323. The summed E-state index contributed by atoms with van der Waals surface area (Å²) in [5.41, 5.74) is 6.82. The highest BCUT2D eigenvalue weighted by molar-refractivity contribution is 5.91. The molecule has 1 aromatic heterocycles. The molecule has 4 nitrogen and oxygen atoms in total. The van der Waals surface area contributed by atoms with Crippen molar-refractivity contribution in [3.63, 3.8) is 0 Å². The molecule has 5 rings (SSSR count). The van der Waals surface area contributed by atoms with Crippen molar-refractivity contribution in [3.05, 3.63) is 101 Å². The molecule has 1 heterocycles. The average molecular weight is 466 g/mol. The Kier molecular flexibility index (Phi) is 6.38. The molecule has 2 amide bonds. The van der Waals surface area contributed by atoms with Crippen molar-refractivity contribution >= 4 is 22.6 Å². The Bertz CT molecular complexity index is 1310. The number of nitrogens with one attached hydrogen (secondary N) is 1. The summed E-state index contributed by atoms with van der Waals surface area (Å²) in [5, 5.41) is 4.58. The smallest absolute Gasteiger partial charge is 0.322 e. The molecular formula is C31H35N3O. The largest absolute Gasteiger partial charge is 0.350 e. The molecule has 3 aromatic carbocycles. The van der Waals surface area contributed by atoms with Gasteiger partial charge in [-0.15, -0.1) is 0 Å². The first-order chi connectivity index (χ1) is 17.0. The third kappa shape index (κ3) is 4.58. The molecular weight excluding hydrogens is 430 g/mol. The molecule has 1 aliphatic carbocycles. The third-order valence-corrected chi connectivity index (χ3v) is 7.74. The summed E-state index contributed by atoms with van der Waals surface area (Å²) in [7, 11) is 2.13. The lowest BCUT2D eigenvalue weighted by Gasteiger charge is -2.36. The first kappa shape index (κ1) is 23.2. The van der Waals surface area contributed by atoms with E-state index in [0.29, 0.717) is 13.1 Å². The van der Waals surface area contributed by atoms with Crippen molar-refractivity contribution in [2.45, 2.75) is 51.5 Å². The maximum Gasteiger partial charge on any atom is 0.322 e. The van der Waals surface area contributed by atoms with Crippen LogP contribution in [0.15, 0.2) is 79.0 Å². The van der Waals surface area contributed by atoms with Crippen molar-refractivity contribution in [1.82, 2.24) is 9.47 Å². The SMILES string of the molecule is Cc1cccc(C)c1NC(=O)N(Cc1ccccc1)CC1(c2cn(C)c3ccccc23)CCCC1. The minimum atomic E-state index is -0.0479. The monoisotopic (exact) mass is 465 g/mol. The van der Waals surface area contributed by atoms with Crippen LogP contribution in [-0.4, -0.2) is 22.0 Å². The second kappa shape index (κ2) is 9.61. The van der Waals surface area contributed by atoms with E-state index in [1.807, 2.05) is 29.2 Å². The molecule has 4 heteroatoms. The van der Waals surface area contributed by atoms with E-state index in [1.54, 1.807) is 0 Å². The number of carbonyl (C=O) groups excluding carboxylic acids is 1. The number of aryl methyl sites for hydroxylation is 3. The molecule has 0 radical (unpaired) electrons. The van der Waals surface area contributed by atoms with E-state index < -0.39 is 0 Å². The van der Waals surface area contributed by atoms with Crippen LogP contribution in [0.5, 0.6) is 0 Å². The topological polar surface area (TPSA) is 37.3 Å². The molecule has 1 N–H and O–H groups in total. The average Bonchev–Trinajstić information content (AvgIpc) is 3.47. The molecule has 35 heavy (non-hydrogen) atoms. The summed E-state index contributed by atoms with van der Waals surface area (Å²) in [6.07, 6.45) is 6.90. The Balaban J connectivity index is 1.53.